The third kappa shape index (κ3) is 4.12. The van der Waals surface area contributed by atoms with Gasteiger partial charge in [-0.1, -0.05) is 23.7 Å². The maximum atomic E-state index is 12.2. The minimum Gasteiger partial charge on any atom is -0.494 e. The number of aryl methyl sites for hydroxylation is 2. The van der Waals surface area contributed by atoms with Crippen LogP contribution in [0.1, 0.15) is 18.9 Å². The van der Waals surface area contributed by atoms with Crippen molar-refractivity contribution in [1.82, 2.24) is 9.55 Å². The average molecular weight is 358 g/mol. The molecule has 0 atom stereocenters. The molecule has 3 aromatic rings. The summed E-state index contributed by atoms with van der Waals surface area (Å²) in [6, 6.07) is 13.3. The molecule has 3 rings (SSSR count). The number of amides is 1. The van der Waals surface area contributed by atoms with Crippen LogP contribution in [-0.2, 0) is 18.3 Å². The first kappa shape index (κ1) is 17.3. The summed E-state index contributed by atoms with van der Waals surface area (Å²) in [6.45, 7) is 2.60. The number of anilines is 1. The fourth-order valence-corrected chi connectivity index (χ4v) is 2.82. The minimum atomic E-state index is -0.0709. The van der Waals surface area contributed by atoms with E-state index in [1.165, 1.54) is 0 Å². The van der Waals surface area contributed by atoms with Gasteiger partial charge in [-0.3, -0.25) is 10.1 Å². The van der Waals surface area contributed by atoms with Gasteiger partial charge in [0.25, 0.3) is 0 Å². The van der Waals surface area contributed by atoms with Crippen molar-refractivity contribution in [2.45, 2.75) is 19.8 Å². The number of rotatable bonds is 6. The largest absolute Gasteiger partial charge is 0.494 e. The SMILES string of the molecule is CCOc1ccc(CCC(=O)Nc2nc3cc(Cl)ccc3n2C)cc1. The zero-order chi connectivity index (χ0) is 17.8. The maximum absolute atomic E-state index is 12.2. The molecular formula is C19H20ClN3O2. The van der Waals surface area contributed by atoms with Crippen molar-refractivity contribution in [3.05, 3.63) is 53.1 Å². The Hall–Kier alpha value is -2.53. The number of nitrogens with one attached hydrogen (secondary N) is 1. The number of aromatic nitrogens is 2. The van der Waals surface area contributed by atoms with Crippen LogP contribution in [-0.4, -0.2) is 22.1 Å². The normalized spacial score (nSPS) is 10.8. The van der Waals surface area contributed by atoms with Crippen LogP contribution in [0.3, 0.4) is 0 Å². The molecule has 0 radical (unpaired) electrons. The molecule has 0 saturated heterocycles. The van der Waals surface area contributed by atoms with Gasteiger partial charge in [-0.15, -0.1) is 0 Å². The lowest BCUT2D eigenvalue weighted by atomic mass is 10.1. The van der Waals surface area contributed by atoms with Gasteiger partial charge in [0.2, 0.25) is 11.9 Å². The van der Waals surface area contributed by atoms with Crippen LogP contribution < -0.4 is 10.1 Å². The number of benzene rings is 2. The summed E-state index contributed by atoms with van der Waals surface area (Å²) in [7, 11) is 1.87. The van der Waals surface area contributed by atoms with Crippen LogP contribution in [0.25, 0.3) is 11.0 Å². The van der Waals surface area contributed by atoms with Crippen molar-refractivity contribution in [1.29, 1.82) is 0 Å². The van der Waals surface area contributed by atoms with Crippen molar-refractivity contribution < 1.29 is 9.53 Å². The first-order valence-corrected chi connectivity index (χ1v) is 8.58. The number of ether oxygens (including phenoxy) is 1. The van der Waals surface area contributed by atoms with Gasteiger partial charge < -0.3 is 9.30 Å². The molecule has 1 aromatic heterocycles. The Kier molecular flexibility index (Phi) is 5.24. The molecule has 0 aliphatic rings. The van der Waals surface area contributed by atoms with Crippen molar-refractivity contribution in [3.63, 3.8) is 0 Å². The zero-order valence-electron chi connectivity index (χ0n) is 14.3. The third-order valence-corrected chi connectivity index (χ3v) is 4.20. The van der Waals surface area contributed by atoms with Gasteiger partial charge in [0.05, 0.1) is 17.6 Å². The molecule has 1 heterocycles. The minimum absolute atomic E-state index is 0.0709. The molecule has 2 aromatic carbocycles. The number of hydrogen-bond acceptors (Lipinski definition) is 3. The van der Waals surface area contributed by atoms with E-state index in [1.54, 1.807) is 6.07 Å². The number of fused-ring (bicyclic) bond motifs is 1. The lowest BCUT2D eigenvalue weighted by molar-refractivity contribution is -0.116. The Morgan fingerprint density at radius 3 is 2.72 bits per heavy atom. The summed E-state index contributed by atoms with van der Waals surface area (Å²) in [6.07, 6.45) is 1.05. The van der Waals surface area contributed by atoms with E-state index in [9.17, 15) is 4.79 Å². The molecule has 1 N–H and O–H groups in total. The van der Waals surface area contributed by atoms with Crippen molar-refractivity contribution in [2.75, 3.05) is 11.9 Å². The topological polar surface area (TPSA) is 56.1 Å². The van der Waals surface area contributed by atoms with E-state index in [0.29, 0.717) is 30.4 Å². The molecule has 0 fully saturated rings. The van der Waals surface area contributed by atoms with E-state index in [0.717, 1.165) is 22.3 Å². The average Bonchev–Trinajstić information content (AvgIpc) is 2.89. The quantitative estimate of drug-likeness (QED) is 0.719. The Morgan fingerprint density at radius 2 is 2.00 bits per heavy atom. The lowest BCUT2D eigenvalue weighted by Crippen LogP contribution is -2.15. The highest BCUT2D eigenvalue weighted by Gasteiger charge is 2.11. The second-order valence-electron chi connectivity index (χ2n) is 5.75. The predicted molar refractivity (Wildman–Crippen MR) is 100 cm³/mol. The highest BCUT2D eigenvalue weighted by Crippen LogP contribution is 2.22. The molecule has 0 bridgehead atoms. The van der Waals surface area contributed by atoms with Crippen LogP contribution in [0.4, 0.5) is 5.95 Å². The molecule has 6 heteroatoms. The van der Waals surface area contributed by atoms with Crippen LogP contribution in [0.15, 0.2) is 42.5 Å². The van der Waals surface area contributed by atoms with Gasteiger partial charge >= 0.3 is 0 Å². The van der Waals surface area contributed by atoms with E-state index >= 15 is 0 Å². The molecule has 0 aliphatic heterocycles. The zero-order valence-corrected chi connectivity index (χ0v) is 15.0. The molecule has 0 aliphatic carbocycles. The highest BCUT2D eigenvalue weighted by atomic mass is 35.5. The van der Waals surface area contributed by atoms with Gasteiger partial charge in [-0.05, 0) is 49.2 Å². The fraction of sp³-hybridized carbons (Fsp3) is 0.263. The Labute approximate surface area is 151 Å². The second-order valence-corrected chi connectivity index (χ2v) is 6.19. The number of imidazole rings is 1. The van der Waals surface area contributed by atoms with Gasteiger partial charge in [-0.25, -0.2) is 4.98 Å². The number of nitrogens with zero attached hydrogens (tertiary/aromatic N) is 2. The predicted octanol–water partition coefficient (Wildman–Crippen LogP) is 4.20. The second kappa shape index (κ2) is 7.57. The molecule has 0 saturated carbocycles. The fourth-order valence-electron chi connectivity index (χ4n) is 2.65. The summed E-state index contributed by atoms with van der Waals surface area (Å²) < 4.78 is 7.26. The standard InChI is InChI=1S/C19H20ClN3O2/c1-3-25-15-8-4-13(5-9-15)6-11-18(24)22-19-21-16-12-14(20)7-10-17(16)23(19)2/h4-5,7-10,12H,3,6,11H2,1-2H3,(H,21,22,24). The van der Waals surface area contributed by atoms with Crippen molar-refractivity contribution in [2.24, 2.45) is 7.05 Å². The van der Waals surface area contributed by atoms with Crippen LogP contribution in [0.5, 0.6) is 5.75 Å². The molecule has 1 amide bonds. The summed E-state index contributed by atoms with van der Waals surface area (Å²) in [5.41, 5.74) is 2.78. The maximum Gasteiger partial charge on any atom is 0.227 e. The smallest absolute Gasteiger partial charge is 0.227 e. The monoisotopic (exact) mass is 357 g/mol. The lowest BCUT2D eigenvalue weighted by Gasteiger charge is -2.06. The van der Waals surface area contributed by atoms with Crippen molar-refractivity contribution >= 4 is 34.5 Å². The first-order chi connectivity index (χ1) is 12.1. The van der Waals surface area contributed by atoms with E-state index in [-0.39, 0.29) is 5.91 Å². The highest BCUT2D eigenvalue weighted by molar-refractivity contribution is 6.31. The number of carbonyl (C=O) groups excluding carboxylic acids is 1. The van der Waals surface area contributed by atoms with Gasteiger partial charge in [-0.2, -0.15) is 0 Å². The molecule has 0 unspecified atom stereocenters. The number of hydrogen-bond donors (Lipinski definition) is 1. The van der Waals surface area contributed by atoms with Crippen LogP contribution >= 0.6 is 11.6 Å². The Morgan fingerprint density at radius 1 is 1.24 bits per heavy atom. The third-order valence-electron chi connectivity index (χ3n) is 3.97. The number of halogens is 1. The summed E-state index contributed by atoms with van der Waals surface area (Å²) in [4.78, 5) is 16.7. The molecule has 130 valence electrons. The molecule has 0 spiro atoms. The van der Waals surface area contributed by atoms with E-state index in [4.69, 9.17) is 16.3 Å². The van der Waals surface area contributed by atoms with Gasteiger partial charge in [0.15, 0.2) is 0 Å². The van der Waals surface area contributed by atoms with Crippen LogP contribution in [0.2, 0.25) is 5.02 Å². The van der Waals surface area contributed by atoms with E-state index < -0.39 is 0 Å². The van der Waals surface area contributed by atoms with Crippen LogP contribution in [0, 0.1) is 0 Å². The van der Waals surface area contributed by atoms with Gasteiger partial charge in [0, 0.05) is 18.5 Å². The van der Waals surface area contributed by atoms with Crippen molar-refractivity contribution in [3.8, 4) is 5.75 Å². The van der Waals surface area contributed by atoms with E-state index in [1.807, 2.05) is 54.9 Å². The van der Waals surface area contributed by atoms with E-state index in [2.05, 4.69) is 10.3 Å². The Balaban J connectivity index is 1.61. The molecule has 5 nitrogen and oxygen atoms in total. The summed E-state index contributed by atoms with van der Waals surface area (Å²) in [5, 5.41) is 3.49. The molecule has 25 heavy (non-hydrogen) atoms. The molecular weight excluding hydrogens is 338 g/mol. The summed E-state index contributed by atoms with van der Waals surface area (Å²) >= 11 is 5.99. The Bertz CT molecular complexity index is 888. The number of carbonyl (C=O) groups is 1. The first-order valence-electron chi connectivity index (χ1n) is 8.20. The summed E-state index contributed by atoms with van der Waals surface area (Å²) in [5.74, 6) is 1.29. The van der Waals surface area contributed by atoms with Gasteiger partial charge in [0.1, 0.15) is 5.75 Å².